The third-order valence-corrected chi connectivity index (χ3v) is 9.28. The standard InChI is InChI=1S/C30H44NO4P/c1-4-7-21-34-36(33,35-22-8-5-2)23-13-9-10-15-24-16-14-19-27-28(24)25-17-11-12-18-26(25)30(27,20-6-3)29(31)32/h11-12,14,16-19H,4-10,13,15,20-23H2,1-3H3,(H2,31,32). The first-order valence-corrected chi connectivity index (χ1v) is 15.6. The quantitative estimate of drug-likeness (QED) is 0.173. The van der Waals surface area contributed by atoms with Crippen molar-refractivity contribution in [1.82, 2.24) is 0 Å². The van der Waals surface area contributed by atoms with Crippen LogP contribution in [0.5, 0.6) is 0 Å². The van der Waals surface area contributed by atoms with E-state index < -0.39 is 13.0 Å². The van der Waals surface area contributed by atoms with E-state index in [1.807, 2.05) is 12.1 Å². The minimum absolute atomic E-state index is 0.269. The molecule has 1 aliphatic carbocycles. The first-order valence-electron chi connectivity index (χ1n) is 13.8. The van der Waals surface area contributed by atoms with E-state index in [1.54, 1.807) is 0 Å². The minimum Gasteiger partial charge on any atom is -0.369 e. The Morgan fingerprint density at radius 2 is 1.50 bits per heavy atom. The second-order valence-corrected chi connectivity index (χ2v) is 12.1. The number of primary amides is 1. The summed E-state index contributed by atoms with van der Waals surface area (Å²) in [7, 11) is -3.04. The first kappa shape index (κ1) is 28.6. The van der Waals surface area contributed by atoms with Crippen LogP contribution < -0.4 is 5.73 Å². The Bertz CT molecular complexity index is 1040. The summed E-state index contributed by atoms with van der Waals surface area (Å²) in [6, 6.07) is 14.5. The summed E-state index contributed by atoms with van der Waals surface area (Å²) in [5, 5.41) is 0. The highest BCUT2D eigenvalue weighted by atomic mass is 31.2. The number of rotatable bonds is 17. The maximum absolute atomic E-state index is 13.2. The number of carbonyl (C=O) groups is 1. The van der Waals surface area contributed by atoms with Crippen molar-refractivity contribution in [2.45, 2.75) is 90.4 Å². The van der Waals surface area contributed by atoms with Gasteiger partial charge in [-0.05, 0) is 66.3 Å². The molecule has 1 unspecified atom stereocenters. The topological polar surface area (TPSA) is 78.6 Å². The van der Waals surface area contributed by atoms with Gasteiger partial charge in [0.15, 0.2) is 0 Å². The average Bonchev–Trinajstić information content (AvgIpc) is 3.16. The summed E-state index contributed by atoms with van der Waals surface area (Å²) in [5.74, 6) is -0.269. The van der Waals surface area contributed by atoms with Crippen LogP contribution in [0.1, 0.15) is 95.2 Å². The van der Waals surface area contributed by atoms with E-state index in [4.69, 9.17) is 14.8 Å². The van der Waals surface area contributed by atoms with Crippen molar-refractivity contribution >= 4 is 13.5 Å². The molecule has 6 heteroatoms. The molecule has 0 aliphatic heterocycles. The van der Waals surface area contributed by atoms with Gasteiger partial charge in [0, 0.05) is 0 Å². The number of benzene rings is 2. The molecule has 0 heterocycles. The van der Waals surface area contributed by atoms with Crippen molar-refractivity contribution in [1.29, 1.82) is 0 Å². The van der Waals surface area contributed by atoms with Gasteiger partial charge in [-0.1, -0.05) is 88.9 Å². The zero-order chi connectivity index (χ0) is 26.0. The summed E-state index contributed by atoms with van der Waals surface area (Å²) in [4.78, 5) is 12.9. The lowest BCUT2D eigenvalue weighted by Gasteiger charge is -2.28. The largest absolute Gasteiger partial charge is 0.369 e. The molecule has 0 aromatic heterocycles. The number of unbranched alkanes of at least 4 members (excludes halogenated alkanes) is 4. The molecule has 3 rings (SSSR count). The van der Waals surface area contributed by atoms with Crippen LogP contribution in [-0.2, 0) is 30.2 Å². The number of hydrogen-bond acceptors (Lipinski definition) is 4. The second-order valence-electron chi connectivity index (χ2n) is 9.92. The van der Waals surface area contributed by atoms with Crippen molar-refractivity contribution in [2.24, 2.45) is 5.73 Å². The van der Waals surface area contributed by atoms with Gasteiger partial charge in [0.1, 0.15) is 0 Å². The Labute approximate surface area is 217 Å². The van der Waals surface area contributed by atoms with Gasteiger partial charge in [-0.3, -0.25) is 9.36 Å². The fourth-order valence-corrected chi connectivity index (χ4v) is 7.15. The zero-order valence-electron chi connectivity index (χ0n) is 22.4. The van der Waals surface area contributed by atoms with Crippen molar-refractivity contribution in [3.63, 3.8) is 0 Å². The van der Waals surface area contributed by atoms with Crippen LogP contribution in [0.15, 0.2) is 42.5 Å². The van der Waals surface area contributed by atoms with Crippen LogP contribution in [0.3, 0.4) is 0 Å². The smallest absolute Gasteiger partial charge is 0.330 e. The third kappa shape index (κ3) is 6.30. The van der Waals surface area contributed by atoms with Crippen molar-refractivity contribution in [3.05, 3.63) is 59.2 Å². The number of amides is 1. The molecule has 2 aromatic rings. The monoisotopic (exact) mass is 513 g/mol. The predicted molar refractivity (Wildman–Crippen MR) is 149 cm³/mol. The minimum atomic E-state index is -3.04. The lowest BCUT2D eigenvalue weighted by Crippen LogP contribution is -2.40. The molecule has 0 bridgehead atoms. The maximum Gasteiger partial charge on any atom is 0.330 e. The van der Waals surface area contributed by atoms with Crippen LogP contribution in [0.25, 0.3) is 11.1 Å². The molecular weight excluding hydrogens is 469 g/mol. The highest BCUT2D eigenvalue weighted by molar-refractivity contribution is 7.53. The van der Waals surface area contributed by atoms with Crippen LogP contribution in [-0.4, -0.2) is 25.3 Å². The van der Waals surface area contributed by atoms with Gasteiger partial charge < -0.3 is 14.8 Å². The van der Waals surface area contributed by atoms with E-state index in [0.717, 1.165) is 74.5 Å². The van der Waals surface area contributed by atoms with Crippen molar-refractivity contribution < 1.29 is 18.4 Å². The van der Waals surface area contributed by atoms with Gasteiger partial charge in [-0.25, -0.2) is 0 Å². The highest BCUT2D eigenvalue weighted by Gasteiger charge is 2.47. The molecule has 1 aliphatic rings. The molecule has 0 fully saturated rings. The maximum atomic E-state index is 13.2. The SMILES string of the molecule is CCCCOP(=O)(CCCCCc1cccc2c1-c1ccccc1C2(CCC)C(N)=O)OCCCC. The Balaban J connectivity index is 1.70. The van der Waals surface area contributed by atoms with Gasteiger partial charge in [0.25, 0.3) is 0 Å². The van der Waals surface area contributed by atoms with Gasteiger partial charge in [-0.2, -0.15) is 0 Å². The van der Waals surface area contributed by atoms with Crippen LogP contribution in [0.2, 0.25) is 0 Å². The molecule has 0 saturated carbocycles. The van der Waals surface area contributed by atoms with Crippen molar-refractivity contribution in [3.8, 4) is 11.1 Å². The van der Waals surface area contributed by atoms with E-state index in [1.165, 1.54) is 11.1 Å². The lowest BCUT2D eigenvalue weighted by molar-refractivity contribution is -0.122. The Kier molecular flexibility index (Phi) is 10.8. The Morgan fingerprint density at radius 1 is 0.833 bits per heavy atom. The number of hydrogen-bond donors (Lipinski definition) is 1. The normalized spacial score (nSPS) is 16.6. The number of nitrogens with two attached hydrogens (primary N) is 1. The molecule has 2 aromatic carbocycles. The summed E-state index contributed by atoms with van der Waals surface area (Å²) >= 11 is 0. The molecule has 0 spiro atoms. The Morgan fingerprint density at radius 3 is 2.14 bits per heavy atom. The summed E-state index contributed by atoms with van der Waals surface area (Å²) in [6.45, 7) is 7.29. The Hall–Kier alpha value is -1.94. The van der Waals surface area contributed by atoms with E-state index in [2.05, 4.69) is 51.1 Å². The molecule has 5 nitrogen and oxygen atoms in total. The molecule has 198 valence electrons. The molecule has 0 saturated heterocycles. The summed E-state index contributed by atoms with van der Waals surface area (Å²) < 4.78 is 24.7. The molecule has 36 heavy (non-hydrogen) atoms. The average molecular weight is 514 g/mol. The molecule has 2 N–H and O–H groups in total. The first-order chi connectivity index (χ1) is 17.4. The molecule has 0 radical (unpaired) electrons. The van der Waals surface area contributed by atoms with Gasteiger partial charge >= 0.3 is 7.60 Å². The fraction of sp³-hybridized carbons (Fsp3) is 0.567. The van der Waals surface area contributed by atoms with E-state index in [-0.39, 0.29) is 5.91 Å². The van der Waals surface area contributed by atoms with Crippen LogP contribution >= 0.6 is 7.60 Å². The molecule has 1 atom stereocenters. The fourth-order valence-electron chi connectivity index (χ4n) is 5.39. The van der Waals surface area contributed by atoms with Gasteiger partial charge in [-0.15, -0.1) is 0 Å². The van der Waals surface area contributed by atoms with E-state index >= 15 is 0 Å². The molecular formula is C30H44NO4P. The van der Waals surface area contributed by atoms with Crippen molar-refractivity contribution in [2.75, 3.05) is 19.4 Å². The number of fused-ring (bicyclic) bond motifs is 3. The van der Waals surface area contributed by atoms with Crippen LogP contribution in [0, 0.1) is 0 Å². The lowest BCUT2D eigenvalue weighted by atomic mass is 9.74. The highest BCUT2D eigenvalue weighted by Crippen LogP contribution is 2.53. The second kappa shape index (κ2) is 13.6. The number of carbonyl (C=O) groups excluding carboxylic acids is 1. The van der Waals surface area contributed by atoms with Crippen LogP contribution in [0.4, 0.5) is 0 Å². The van der Waals surface area contributed by atoms with E-state index in [9.17, 15) is 9.36 Å². The predicted octanol–water partition coefficient (Wildman–Crippen LogP) is 7.78. The number of aryl methyl sites for hydroxylation is 1. The molecule has 1 amide bonds. The van der Waals surface area contributed by atoms with Gasteiger partial charge in [0.2, 0.25) is 5.91 Å². The van der Waals surface area contributed by atoms with E-state index in [0.29, 0.717) is 25.8 Å². The zero-order valence-corrected chi connectivity index (χ0v) is 23.3. The van der Waals surface area contributed by atoms with Gasteiger partial charge in [0.05, 0.1) is 24.8 Å². The third-order valence-electron chi connectivity index (χ3n) is 7.26. The summed E-state index contributed by atoms with van der Waals surface area (Å²) in [5.41, 5.74) is 11.0. The summed E-state index contributed by atoms with van der Waals surface area (Å²) in [6.07, 6.45) is 9.49.